The highest BCUT2D eigenvalue weighted by Crippen LogP contribution is 2.22. The second-order valence-corrected chi connectivity index (χ2v) is 5.30. The largest absolute Gasteiger partial charge is 0.495 e. The van der Waals surface area contributed by atoms with E-state index in [1.165, 1.54) is 0 Å². The molecule has 0 saturated heterocycles. The number of nitrogens with one attached hydrogen (secondary N) is 1. The van der Waals surface area contributed by atoms with E-state index in [0.717, 1.165) is 17.8 Å². The van der Waals surface area contributed by atoms with E-state index < -0.39 is 0 Å². The minimum atomic E-state index is -0.0692. The Hall–Kier alpha value is -2.53. The number of carbonyl (C=O) groups excluding carboxylic acids is 1. The Kier molecular flexibility index (Phi) is 6.00. The summed E-state index contributed by atoms with van der Waals surface area (Å²) in [5.74, 6) is 0.583. The summed E-state index contributed by atoms with van der Waals surface area (Å²) < 4.78 is 5.24. The number of hydrogen-bond donors (Lipinski definition) is 2. The van der Waals surface area contributed by atoms with Gasteiger partial charge in [-0.1, -0.05) is 31.2 Å². The lowest BCUT2D eigenvalue weighted by Gasteiger charge is -2.20. The van der Waals surface area contributed by atoms with E-state index in [0.29, 0.717) is 24.5 Å². The third-order valence-electron chi connectivity index (χ3n) is 3.55. The zero-order chi connectivity index (χ0) is 16.7. The Balaban J connectivity index is 1.97. The third-order valence-corrected chi connectivity index (χ3v) is 3.55. The van der Waals surface area contributed by atoms with Gasteiger partial charge in [0.25, 0.3) is 0 Å². The molecule has 0 aliphatic rings. The molecular weight excluding hydrogens is 290 g/mol. The molecule has 23 heavy (non-hydrogen) atoms. The summed E-state index contributed by atoms with van der Waals surface area (Å²) in [5.41, 5.74) is 8.31. The van der Waals surface area contributed by atoms with Crippen molar-refractivity contribution >= 4 is 17.3 Å². The molecule has 0 bridgehead atoms. The average molecular weight is 313 g/mol. The van der Waals surface area contributed by atoms with Gasteiger partial charge in [-0.05, 0) is 36.4 Å². The fourth-order valence-electron chi connectivity index (χ4n) is 2.37. The summed E-state index contributed by atoms with van der Waals surface area (Å²) >= 11 is 0. The molecule has 0 atom stereocenters. The van der Waals surface area contributed by atoms with Crippen molar-refractivity contribution in [2.24, 2.45) is 0 Å². The zero-order valence-corrected chi connectivity index (χ0v) is 13.6. The highest BCUT2D eigenvalue weighted by Gasteiger charge is 2.12. The molecule has 0 aliphatic carbocycles. The number of benzene rings is 2. The van der Waals surface area contributed by atoms with Crippen molar-refractivity contribution in [1.82, 2.24) is 4.90 Å². The van der Waals surface area contributed by atoms with E-state index in [9.17, 15) is 4.79 Å². The van der Waals surface area contributed by atoms with Crippen LogP contribution in [0.3, 0.4) is 0 Å². The molecule has 0 saturated carbocycles. The van der Waals surface area contributed by atoms with Crippen molar-refractivity contribution in [2.45, 2.75) is 13.5 Å². The van der Waals surface area contributed by atoms with E-state index in [-0.39, 0.29) is 5.91 Å². The van der Waals surface area contributed by atoms with Crippen LogP contribution in [0.25, 0.3) is 0 Å². The number of likely N-dealkylation sites (N-methyl/N-ethyl adjacent to an activating group) is 1. The fourth-order valence-corrected chi connectivity index (χ4v) is 2.37. The predicted molar refractivity (Wildman–Crippen MR) is 93.4 cm³/mol. The average Bonchev–Trinajstić information content (AvgIpc) is 2.54. The van der Waals surface area contributed by atoms with Crippen LogP contribution in [0, 0.1) is 0 Å². The molecule has 1 amide bonds. The van der Waals surface area contributed by atoms with Crippen LogP contribution >= 0.6 is 0 Å². The molecule has 0 aromatic heterocycles. The Bertz CT molecular complexity index is 658. The Morgan fingerprint density at radius 1 is 1.22 bits per heavy atom. The van der Waals surface area contributed by atoms with Crippen LogP contribution < -0.4 is 15.8 Å². The maximum atomic E-state index is 12.3. The SMILES string of the molecule is CCN(CC(=O)Nc1ccccc1OC)Cc1cccc(N)c1. The molecule has 122 valence electrons. The van der Waals surface area contributed by atoms with Gasteiger partial charge < -0.3 is 15.8 Å². The highest BCUT2D eigenvalue weighted by atomic mass is 16.5. The molecule has 0 radical (unpaired) electrons. The van der Waals surface area contributed by atoms with Crippen molar-refractivity contribution in [2.75, 3.05) is 31.2 Å². The number of methoxy groups -OCH3 is 1. The minimum Gasteiger partial charge on any atom is -0.495 e. The maximum Gasteiger partial charge on any atom is 0.238 e. The van der Waals surface area contributed by atoms with Crippen molar-refractivity contribution in [3.05, 3.63) is 54.1 Å². The molecule has 3 N–H and O–H groups in total. The van der Waals surface area contributed by atoms with Crippen LogP contribution in [0.2, 0.25) is 0 Å². The summed E-state index contributed by atoms with van der Waals surface area (Å²) in [7, 11) is 1.59. The van der Waals surface area contributed by atoms with Crippen molar-refractivity contribution < 1.29 is 9.53 Å². The van der Waals surface area contributed by atoms with E-state index in [4.69, 9.17) is 10.5 Å². The summed E-state index contributed by atoms with van der Waals surface area (Å²) in [5, 5.41) is 2.89. The standard InChI is InChI=1S/C18H23N3O2/c1-3-21(12-14-7-6-8-15(19)11-14)13-18(22)20-16-9-4-5-10-17(16)23-2/h4-11H,3,12-13,19H2,1-2H3,(H,20,22). The van der Waals surface area contributed by atoms with Crippen LogP contribution in [0.5, 0.6) is 5.75 Å². The van der Waals surface area contributed by atoms with Gasteiger partial charge in [0.1, 0.15) is 5.75 Å². The summed E-state index contributed by atoms with van der Waals surface area (Å²) in [6, 6.07) is 15.1. The van der Waals surface area contributed by atoms with E-state index in [1.54, 1.807) is 7.11 Å². The molecule has 5 nitrogen and oxygen atoms in total. The lowest BCUT2D eigenvalue weighted by molar-refractivity contribution is -0.117. The quantitative estimate of drug-likeness (QED) is 0.771. The second kappa shape index (κ2) is 8.19. The molecule has 2 aromatic rings. The molecule has 0 heterocycles. The molecule has 5 heteroatoms. The molecule has 0 unspecified atom stereocenters. The number of nitrogen functional groups attached to an aromatic ring is 1. The van der Waals surface area contributed by atoms with E-state index >= 15 is 0 Å². The molecule has 2 rings (SSSR count). The lowest BCUT2D eigenvalue weighted by atomic mass is 10.2. The van der Waals surface area contributed by atoms with E-state index in [2.05, 4.69) is 10.2 Å². The number of nitrogens with zero attached hydrogens (tertiary/aromatic N) is 1. The Labute approximate surface area is 137 Å². The fraction of sp³-hybridized carbons (Fsp3) is 0.278. The van der Waals surface area contributed by atoms with Crippen LogP contribution in [-0.2, 0) is 11.3 Å². The van der Waals surface area contributed by atoms with Gasteiger partial charge in [0, 0.05) is 12.2 Å². The van der Waals surface area contributed by atoms with Gasteiger partial charge >= 0.3 is 0 Å². The number of hydrogen-bond acceptors (Lipinski definition) is 4. The van der Waals surface area contributed by atoms with Crippen LogP contribution in [0.1, 0.15) is 12.5 Å². The molecule has 0 fully saturated rings. The molecule has 2 aromatic carbocycles. The number of nitrogens with two attached hydrogens (primary N) is 1. The third kappa shape index (κ3) is 5.00. The smallest absolute Gasteiger partial charge is 0.238 e. The van der Waals surface area contributed by atoms with Gasteiger partial charge in [0.15, 0.2) is 0 Å². The first-order chi connectivity index (χ1) is 11.1. The van der Waals surface area contributed by atoms with Gasteiger partial charge in [-0.2, -0.15) is 0 Å². The first-order valence-corrected chi connectivity index (χ1v) is 7.62. The van der Waals surface area contributed by atoms with Crippen molar-refractivity contribution in [1.29, 1.82) is 0 Å². The Morgan fingerprint density at radius 3 is 2.70 bits per heavy atom. The number of amides is 1. The highest BCUT2D eigenvalue weighted by molar-refractivity contribution is 5.93. The topological polar surface area (TPSA) is 67.6 Å². The monoisotopic (exact) mass is 313 g/mol. The van der Waals surface area contributed by atoms with Gasteiger partial charge in [-0.15, -0.1) is 0 Å². The number of rotatable bonds is 7. The summed E-state index contributed by atoms with van der Waals surface area (Å²) in [6.45, 7) is 3.79. The maximum absolute atomic E-state index is 12.3. The number of carbonyl (C=O) groups is 1. The van der Waals surface area contributed by atoms with Crippen LogP contribution in [0.15, 0.2) is 48.5 Å². The first kappa shape index (κ1) is 16.8. The minimum absolute atomic E-state index is 0.0692. The lowest BCUT2D eigenvalue weighted by Crippen LogP contribution is -2.32. The number of ether oxygens (including phenoxy) is 1. The first-order valence-electron chi connectivity index (χ1n) is 7.62. The molecule has 0 aliphatic heterocycles. The van der Waals surface area contributed by atoms with Crippen LogP contribution in [0.4, 0.5) is 11.4 Å². The predicted octanol–water partition coefficient (Wildman–Crippen LogP) is 2.74. The summed E-state index contributed by atoms with van der Waals surface area (Å²) in [4.78, 5) is 14.3. The Morgan fingerprint density at radius 2 is 2.00 bits per heavy atom. The zero-order valence-electron chi connectivity index (χ0n) is 13.6. The van der Waals surface area contributed by atoms with Crippen molar-refractivity contribution in [3.63, 3.8) is 0 Å². The number of para-hydroxylation sites is 2. The number of anilines is 2. The van der Waals surface area contributed by atoms with Gasteiger partial charge in [-0.3, -0.25) is 9.69 Å². The van der Waals surface area contributed by atoms with Crippen molar-refractivity contribution in [3.8, 4) is 5.75 Å². The van der Waals surface area contributed by atoms with Gasteiger partial charge in [0.05, 0.1) is 19.3 Å². The second-order valence-electron chi connectivity index (χ2n) is 5.30. The molecular formula is C18H23N3O2. The summed E-state index contributed by atoms with van der Waals surface area (Å²) in [6.07, 6.45) is 0. The normalized spacial score (nSPS) is 10.6. The molecule has 0 spiro atoms. The van der Waals surface area contributed by atoms with Crippen LogP contribution in [-0.4, -0.2) is 31.0 Å². The van der Waals surface area contributed by atoms with E-state index in [1.807, 2.05) is 55.5 Å². The van der Waals surface area contributed by atoms with Gasteiger partial charge in [-0.25, -0.2) is 0 Å². The van der Waals surface area contributed by atoms with Gasteiger partial charge in [0.2, 0.25) is 5.91 Å².